The van der Waals surface area contributed by atoms with E-state index in [4.69, 9.17) is 10.5 Å². The number of hydrogen-bond acceptors (Lipinski definition) is 4. The van der Waals surface area contributed by atoms with Crippen LogP contribution in [0, 0.1) is 0 Å². The first kappa shape index (κ1) is 12.5. The molecule has 84 valence electrons. The molecule has 0 saturated carbocycles. The molecule has 4 heteroatoms. The Labute approximate surface area is 95.4 Å². The van der Waals surface area contributed by atoms with Gasteiger partial charge in [-0.1, -0.05) is 6.07 Å². The third-order valence-corrected chi connectivity index (χ3v) is 2.97. The standard InChI is InChI=1S/C11H18N2OS/c1-2-14-10(9-12)6-8-15-11-5-3-4-7-13-11/h3-5,7,10H,2,6,8-9,12H2,1H3. The molecule has 0 fully saturated rings. The van der Waals surface area contributed by atoms with Gasteiger partial charge in [0.1, 0.15) is 0 Å². The Balaban J connectivity index is 2.20. The van der Waals surface area contributed by atoms with Crippen molar-refractivity contribution in [2.75, 3.05) is 18.9 Å². The molecule has 0 spiro atoms. The Morgan fingerprint density at radius 3 is 3.00 bits per heavy atom. The summed E-state index contributed by atoms with van der Waals surface area (Å²) in [6.45, 7) is 3.32. The van der Waals surface area contributed by atoms with E-state index in [1.165, 1.54) is 0 Å². The van der Waals surface area contributed by atoms with Crippen molar-refractivity contribution in [3.63, 3.8) is 0 Å². The number of nitrogens with two attached hydrogens (primary N) is 1. The molecule has 0 aromatic carbocycles. The number of hydrogen-bond donors (Lipinski definition) is 1. The second-order valence-corrected chi connectivity index (χ2v) is 4.23. The van der Waals surface area contributed by atoms with Crippen LogP contribution in [0.1, 0.15) is 13.3 Å². The maximum atomic E-state index is 5.59. The Hall–Kier alpha value is -0.580. The number of ether oxygens (including phenoxy) is 1. The summed E-state index contributed by atoms with van der Waals surface area (Å²) >= 11 is 1.74. The van der Waals surface area contributed by atoms with Crippen molar-refractivity contribution in [1.82, 2.24) is 4.98 Å². The van der Waals surface area contributed by atoms with E-state index in [9.17, 15) is 0 Å². The Morgan fingerprint density at radius 1 is 1.53 bits per heavy atom. The third-order valence-electron chi connectivity index (χ3n) is 1.99. The van der Waals surface area contributed by atoms with Gasteiger partial charge in [-0.15, -0.1) is 11.8 Å². The first-order chi connectivity index (χ1) is 7.36. The molecule has 0 aliphatic rings. The second kappa shape index (κ2) is 7.68. The molecule has 3 nitrogen and oxygen atoms in total. The van der Waals surface area contributed by atoms with Gasteiger partial charge in [-0.2, -0.15) is 0 Å². The number of rotatable bonds is 7. The molecule has 2 N–H and O–H groups in total. The summed E-state index contributed by atoms with van der Waals surface area (Å²) in [7, 11) is 0. The number of thioether (sulfide) groups is 1. The zero-order valence-corrected chi connectivity index (χ0v) is 9.87. The lowest BCUT2D eigenvalue weighted by molar-refractivity contribution is 0.0674. The summed E-state index contributed by atoms with van der Waals surface area (Å²) in [6, 6.07) is 5.94. The normalized spacial score (nSPS) is 12.7. The van der Waals surface area contributed by atoms with Crippen molar-refractivity contribution in [2.24, 2.45) is 5.73 Å². The number of nitrogens with zero attached hydrogens (tertiary/aromatic N) is 1. The minimum atomic E-state index is 0.186. The van der Waals surface area contributed by atoms with E-state index in [1.54, 1.807) is 11.8 Å². The summed E-state index contributed by atoms with van der Waals surface area (Å²) in [5, 5.41) is 1.06. The highest BCUT2D eigenvalue weighted by Gasteiger charge is 2.05. The maximum absolute atomic E-state index is 5.59. The summed E-state index contributed by atoms with van der Waals surface area (Å²) in [6.07, 6.45) is 2.97. The monoisotopic (exact) mass is 226 g/mol. The van der Waals surface area contributed by atoms with Crippen LogP contribution in [0.2, 0.25) is 0 Å². The van der Waals surface area contributed by atoms with Gasteiger partial charge in [-0.25, -0.2) is 4.98 Å². The zero-order chi connectivity index (χ0) is 10.9. The molecule has 0 saturated heterocycles. The second-order valence-electron chi connectivity index (χ2n) is 3.12. The zero-order valence-electron chi connectivity index (χ0n) is 9.06. The van der Waals surface area contributed by atoms with Gasteiger partial charge >= 0.3 is 0 Å². The van der Waals surface area contributed by atoms with Crippen molar-refractivity contribution < 1.29 is 4.74 Å². The van der Waals surface area contributed by atoms with Gasteiger partial charge in [-0.05, 0) is 25.5 Å². The summed E-state index contributed by atoms with van der Waals surface area (Å²) in [5.41, 5.74) is 5.59. The molecule has 0 aliphatic heterocycles. The Bertz CT molecular complexity index is 256. The van der Waals surface area contributed by atoms with E-state index >= 15 is 0 Å². The molecule has 1 heterocycles. The van der Waals surface area contributed by atoms with Crippen LogP contribution >= 0.6 is 11.8 Å². The predicted molar refractivity (Wildman–Crippen MR) is 64.0 cm³/mol. The van der Waals surface area contributed by atoms with Crippen LogP contribution in [0.25, 0.3) is 0 Å². The molecule has 0 bridgehead atoms. The van der Waals surface area contributed by atoms with Gasteiger partial charge in [0.2, 0.25) is 0 Å². The van der Waals surface area contributed by atoms with Crippen molar-refractivity contribution in [2.45, 2.75) is 24.5 Å². The van der Waals surface area contributed by atoms with Crippen molar-refractivity contribution >= 4 is 11.8 Å². The van der Waals surface area contributed by atoms with Crippen LogP contribution in [0.3, 0.4) is 0 Å². The quantitative estimate of drug-likeness (QED) is 0.722. The third kappa shape index (κ3) is 5.16. The number of pyridine rings is 1. The predicted octanol–water partition coefficient (Wildman–Crippen LogP) is 1.93. The molecule has 1 aromatic rings. The minimum Gasteiger partial charge on any atom is -0.377 e. The van der Waals surface area contributed by atoms with Gasteiger partial charge in [-0.3, -0.25) is 0 Å². The van der Waals surface area contributed by atoms with E-state index in [0.717, 1.165) is 23.8 Å². The van der Waals surface area contributed by atoms with Gasteiger partial charge < -0.3 is 10.5 Å². The Morgan fingerprint density at radius 2 is 2.40 bits per heavy atom. The highest BCUT2D eigenvalue weighted by atomic mass is 32.2. The highest BCUT2D eigenvalue weighted by molar-refractivity contribution is 7.99. The van der Waals surface area contributed by atoms with Gasteiger partial charge in [0.15, 0.2) is 0 Å². The SMILES string of the molecule is CCOC(CN)CCSc1ccccn1. The average molecular weight is 226 g/mol. The number of aromatic nitrogens is 1. The van der Waals surface area contributed by atoms with Crippen LogP contribution in [-0.2, 0) is 4.74 Å². The summed E-state index contributed by atoms with van der Waals surface area (Å²) in [5.74, 6) is 0.999. The fourth-order valence-electron chi connectivity index (χ4n) is 1.23. The van der Waals surface area contributed by atoms with Crippen LogP contribution < -0.4 is 5.73 Å². The van der Waals surface area contributed by atoms with E-state index in [1.807, 2.05) is 31.3 Å². The fraction of sp³-hybridized carbons (Fsp3) is 0.545. The van der Waals surface area contributed by atoms with Gasteiger partial charge in [0.05, 0.1) is 11.1 Å². The molecule has 0 amide bonds. The van der Waals surface area contributed by atoms with E-state index < -0.39 is 0 Å². The van der Waals surface area contributed by atoms with Crippen LogP contribution in [0.15, 0.2) is 29.4 Å². The first-order valence-corrected chi connectivity index (χ1v) is 6.21. The molecule has 1 rings (SSSR count). The van der Waals surface area contributed by atoms with Crippen molar-refractivity contribution in [3.8, 4) is 0 Å². The first-order valence-electron chi connectivity index (χ1n) is 5.22. The van der Waals surface area contributed by atoms with Crippen LogP contribution in [0.5, 0.6) is 0 Å². The van der Waals surface area contributed by atoms with Gasteiger partial charge in [0.25, 0.3) is 0 Å². The lowest BCUT2D eigenvalue weighted by Crippen LogP contribution is -2.24. The average Bonchev–Trinajstić information content (AvgIpc) is 2.29. The summed E-state index contributed by atoms with van der Waals surface area (Å²) in [4.78, 5) is 4.24. The molecule has 1 atom stereocenters. The Kier molecular flexibility index (Phi) is 6.39. The van der Waals surface area contributed by atoms with Crippen LogP contribution in [0.4, 0.5) is 0 Å². The van der Waals surface area contributed by atoms with E-state index in [2.05, 4.69) is 4.98 Å². The van der Waals surface area contributed by atoms with Gasteiger partial charge in [0, 0.05) is 25.1 Å². The maximum Gasteiger partial charge on any atom is 0.0959 e. The molecule has 1 unspecified atom stereocenters. The molecular weight excluding hydrogens is 208 g/mol. The lowest BCUT2D eigenvalue weighted by atomic mass is 10.3. The largest absolute Gasteiger partial charge is 0.377 e. The molecular formula is C11H18N2OS. The smallest absolute Gasteiger partial charge is 0.0959 e. The molecule has 0 aliphatic carbocycles. The minimum absolute atomic E-state index is 0.186. The summed E-state index contributed by atoms with van der Waals surface area (Å²) < 4.78 is 5.47. The topological polar surface area (TPSA) is 48.1 Å². The lowest BCUT2D eigenvalue weighted by Gasteiger charge is -2.13. The van der Waals surface area contributed by atoms with Crippen LogP contribution in [-0.4, -0.2) is 30.0 Å². The fourth-order valence-corrected chi connectivity index (χ4v) is 2.13. The van der Waals surface area contributed by atoms with E-state index in [-0.39, 0.29) is 6.10 Å². The van der Waals surface area contributed by atoms with Crippen molar-refractivity contribution in [3.05, 3.63) is 24.4 Å². The molecule has 15 heavy (non-hydrogen) atoms. The highest BCUT2D eigenvalue weighted by Crippen LogP contribution is 2.16. The molecule has 0 radical (unpaired) electrons. The molecule has 1 aromatic heterocycles. The van der Waals surface area contributed by atoms with E-state index in [0.29, 0.717) is 6.54 Å². The van der Waals surface area contributed by atoms with Crippen molar-refractivity contribution in [1.29, 1.82) is 0 Å².